The fraction of sp³-hybridized carbons (Fsp3) is 0.182. The normalized spacial score (nSPS) is 11.7. The first kappa shape index (κ1) is 13.0. The summed E-state index contributed by atoms with van der Waals surface area (Å²) in [5.74, 6) is 0. The van der Waals surface area contributed by atoms with E-state index in [1.54, 1.807) is 37.3 Å². The number of aryl methyl sites for hydroxylation is 1. The van der Waals surface area contributed by atoms with E-state index in [9.17, 15) is 12.3 Å². The van der Waals surface area contributed by atoms with Crippen molar-refractivity contribution in [1.29, 1.82) is 0 Å². The van der Waals surface area contributed by atoms with Gasteiger partial charge < -0.3 is 0 Å². The number of aromatic nitrogens is 2. The van der Waals surface area contributed by atoms with Crippen molar-refractivity contribution >= 4 is 21.8 Å². The van der Waals surface area contributed by atoms with Crippen LogP contribution in [-0.2, 0) is 16.6 Å². The summed E-state index contributed by atoms with van der Waals surface area (Å²) in [7, 11) is -4.88. The molecule has 2 aromatic rings. The van der Waals surface area contributed by atoms with Crippen molar-refractivity contribution in [2.24, 2.45) is 0 Å². The summed E-state index contributed by atoms with van der Waals surface area (Å²) in [6.45, 7) is 1.68. The highest BCUT2D eigenvalue weighted by atomic mass is 35.5. The molecule has 7 heteroatoms. The Morgan fingerprint density at radius 1 is 1.33 bits per heavy atom. The minimum atomic E-state index is -4.88. The fourth-order valence-corrected chi connectivity index (χ4v) is 2.91. The van der Waals surface area contributed by atoms with Crippen LogP contribution in [0.5, 0.6) is 0 Å². The summed E-state index contributed by atoms with van der Waals surface area (Å²) >= 11 is 5.91. The minimum absolute atomic E-state index is 0.117. The highest BCUT2D eigenvalue weighted by molar-refractivity contribution is 7.86. The third kappa shape index (κ3) is 2.26. The summed E-state index contributed by atoms with van der Waals surface area (Å²) in [6, 6.07) is 8.71. The van der Waals surface area contributed by atoms with Crippen LogP contribution in [-0.4, -0.2) is 18.2 Å². The number of para-hydroxylation sites is 1. The topological polar surface area (TPSA) is 52.0 Å². The second-order valence-electron chi connectivity index (χ2n) is 3.61. The summed E-state index contributed by atoms with van der Waals surface area (Å²) < 4.78 is 36.6. The molecule has 2 rings (SSSR count). The molecule has 0 bridgehead atoms. The molecule has 96 valence electrons. The first-order chi connectivity index (χ1) is 8.45. The van der Waals surface area contributed by atoms with Crippen LogP contribution in [0.2, 0.25) is 5.15 Å². The highest BCUT2D eigenvalue weighted by Crippen LogP contribution is 2.29. The van der Waals surface area contributed by atoms with E-state index in [0.717, 1.165) is 0 Å². The number of halogens is 2. The van der Waals surface area contributed by atoms with Gasteiger partial charge in [0, 0.05) is 0 Å². The summed E-state index contributed by atoms with van der Waals surface area (Å²) in [4.78, 5) is -0.546. The average molecular weight is 289 g/mol. The van der Waals surface area contributed by atoms with Crippen molar-refractivity contribution < 1.29 is 12.3 Å². The van der Waals surface area contributed by atoms with Gasteiger partial charge in [0.05, 0.1) is 11.4 Å². The van der Waals surface area contributed by atoms with Gasteiger partial charge in [-0.05, 0) is 18.6 Å². The van der Waals surface area contributed by atoms with Gasteiger partial charge in [0.1, 0.15) is 0 Å². The van der Waals surface area contributed by atoms with Crippen LogP contribution >= 0.6 is 11.6 Å². The monoisotopic (exact) mass is 288 g/mol. The van der Waals surface area contributed by atoms with Crippen LogP contribution in [0, 0.1) is 0 Å². The van der Waals surface area contributed by atoms with Gasteiger partial charge in [0.2, 0.25) is 0 Å². The summed E-state index contributed by atoms with van der Waals surface area (Å²) in [5.41, 5.74) is 0.693. The number of benzene rings is 1. The Balaban J connectivity index is 2.70. The lowest BCUT2D eigenvalue weighted by Crippen LogP contribution is -1.97. The average Bonchev–Trinajstić information content (AvgIpc) is 2.67. The highest BCUT2D eigenvalue weighted by Gasteiger charge is 2.27. The number of hydrogen-bond acceptors (Lipinski definition) is 3. The molecule has 1 aromatic heterocycles. The first-order valence-electron chi connectivity index (χ1n) is 5.22. The van der Waals surface area contributed by atoms with Crippen LogP contribution in [0.25, 0.3) is 5.69 Å². The third-order valence-electron chi connectivity index (χ3n) is 2.44. The van der Waals surface area contributed by atoms with Gasteiger partial charge in [0.15, 0.2) is 10.0 Å². The molecule has 0 N–H and O–H groups in total. The molecule has 0 saturated carbocycles. The quantitative estimate of drug-likeness (QED) is 0.816. The molecule has 0 saturated heterocycles. The van der Waals surface area contributed by atoms with Crippen molar-refractivity contribution in [1.82, 2.24) is 9.78 Å². The van der Waals surface area contributed by atoms with Crippen molar-refractivity contribution in [2.45, 2.75) is 18.2 Å². The van der Waals surface area contributed by atoms with E-state index in [4.69, 9.17) is 11.6 Å². The predicted octanol–water partition coefficient (Wildman–Crippen LogP) is 2.75. The van der Waals surface area contributed by atoms with Crippen molar-refractivity contribution in [3.63, 3.8) is 0 Å². The number of nitrogens with zero attached hydrogens (tertiary/aromatic N) is 2. The van der Waals surface area contributed by atoms with Gasteiger partial charge in [-0.1, -0.05) is 36.7 Å². The summed E-state index contributed by atoms with van der Waals surface area (Å²) in [5, 5.41) is 3.79. The Bertz CT molecular complexity index is 668. The lowest BCUT2D eigenvalue weighted by Gasteiger charge is -2.01. The second-order valence-corrected chi connectivity index (χ2v) is 5.25. The van der Waals surface area contributed by atoms with E-state index < -0.39 is 15.1 Å². The van der Waals surface area contributed by atoms with Crippen LogP contribution in [0.3, 0.4) is 0 Å². The molecule has 0 aliphatic heterocycles. The van der Waals surface area contributed by atoms with Gasteiger partial charge in [-0.2, -0.15) is 13.5 Å². The maximum atomic E-state index is 13.2. The van der Waals surface area contributed by atoms with Crippen molar-refractivity contribution in [3.05, 3.63) is 41.2 Å². The Morgan fingerprint density at radius 3 is 2.39 bits per heavy atom. The molecule has 4 nitrogen and oxygen atoms in total. The van der Waals surface area contributed by atoms with Crippen LogP contribution < -0.4 is 0 Å². The molecule has 0 unspecified atom stereocenters. The molecule has 0 atom stereocenters. The van der Waals surface area contributed by atoms with Gasteiger partial charge in [-0.25, -0.2) is 4.68 Å². The van der Waals surface area contributed by atoms with E-state index in [-0.39, 0.29) is 17.3 Å². The number of rotatable bonds is 3. The minimum Gasteiger partial charge on any atom is -0.220 e. The molecule has 18 heavy (non-hydrogen) atoms. The smallest absolute Gasteiger partial charge is 0.220 e. The van der Waals surface area contributed by atoms with Gasteiger partial charge in [-0.3, -0.25) is 0 Å². The molecule has 0 fully saturated rings. The molecule has 1 heterocycles. The van der Waals surface area contributed by atoms with Gasteiger partial charge >= 0.3 is 10.2 Å². The lowest BCUT2D eigenvalue weighted by atomic mass is 10.3. The van der Waals surface area contributed by atoms with Crippen molar-refractivity contribution in [2.75, 3.05) is 0 Å². The Labute approximate surface area is 109 Å². The molecule has 0 aliphatic carbocycles. The van der Waals surface area contributed by atoms with Crippen LogP contribution in [0.15, 0.2) is 35.2 Å². The fourth-order valence-electron chi connectivity index (χ4n) is 1.64. The third-order valence-corrected chi connectivity index (χ3v) is 3.81. The maximum absolute atomic E-state index is 13.2. The van der Waals surface area contributed by atoms with Crippen LogP contribution in [0.1, 0.15) is 12.6 Å². The van der Waals surface area contributed by atoms with E-state index >= 15 is 0 Å². The first-order valence-corrected chi connectivity index (χ1v) is 6.98. The number of hydrogen-bond donors (Lipinski definition) is 0. The molecule has 1 aromatic carbocycles. The molecule has 0 radical (unpaired) electrons. The van der Waals surface area contributed by atoms with E-state index in [2.05, 4.69) is 5.10 Å². The SMILES string of the molecule is CCc1nn(-c2ccccc2)c(Cl)c1S(=O)(=O)F. The molecule has 0 spiro atoms. The van der Waals surface area contributed by atoms with Crippen molar-refractivity contribution in [3.8, 4) is 5.69 Å². The van der Waals surface area contributed by atoms with E-state index in [0.29, 0.717) is 5.69 Å². The zero-order valence-corrected chi connectivity index (χ0v) is 11.0. The van der Waals surface area contributed by atoms with Gasteiger partial charge in [0.25, 0.3) is 0 Å². The molecule has 0 aliphatic rings. The van der Waals surface area contributed by atoms with Crippen LogP contribution in [0.4, 0.5) is 3.89 Å². The Morgan fingerprint density at radius 2 is 1.94 bits per heavy atom. The maximum Gasteiger partial charge on any atom is 0.337 e. The lowest BCUT2D eigenvalue weighted by molar-refractivity contribution is 0.551. The molecular weight excluding hydrogens is 279 g/mol. The summed E-state index contributed by atoms with van der Waals surface area (Å²) in [6.07, 6.45) is 0.276. The Hall–Kier alpha value is -1.40. The largest absolute Gasteiger partial charge is 0.337 e. The second kappa shape index (κ2) is 4.70. The zero-order valence-electron chi connectivity index (χ0n) is 9.47. The van der Waals surface area contributed by atoms with E-state index in [1.807, 2.05) is 0 Å². The van der Waals surface area contributed by atoms with Gasteiger partial charge in [-0.15, -0.1) is 3.89 Å². The molecule has 0 amide bonds. The molecular formula is C11H10ClFN2O2S. The Kier molecular flexibility index (Phi) is 3.41. The predicted molar refractivity (Wildman–Crippen MR) is 66.2 cm³/mol. The standard InChI is InChI=1S/C11H10ClFN2O2S/c1-2-9-10(18(13,16)17)11(12)15(14-9)8-6-4-3-5-7-8/h3-7H,2H2,1H3. The zero-order chi connectivity index (χ0) is 13.3. The van der Waals surface area contributed by atoms with E-state index in [1.165, 1.54) is 4.68 Å².